The number of aliphatic hydroxyl groups is 3. The van der Waals surface area contributed by atoms with Crippen molar-refractivity contribution in [1.29, 1.82) is 0 Å². The summed E-state index contributed by atoms with van der Waals surface area (Å²) >= 11 is 0. The Hall–Kier alpha value is -3.89. The zero-order chi connectivity index (χ0) is 54.2. The monoisotopic (exact) mass is 1030 g/mol. The minimum absolute atomic E-state index is 0.0378. The van der Waals surface area contributed by atoms with Crippen LogP contribution < -0.4 is 0 Å². The van der Waals surface area contributed by atoms with Crippen molar-refractivity contribution in [2.24, 2.45) is 11.8 Å². The largest absolute Gasteiger partial charge is 0.462 e. The maximum atomic E-state index is 13.9. The summed E-state index contributed by atoms with van der Waals surface area (Å²) in [6, 6.07) is 8.74. The first kappa shape index (κ1) is 61.7. The van der Waals surface area contributed by atoms with Crippen LogP contribution >= 0.6 is 0 Å². The highest BCUT2D eigenvalue weighted by atomic mass is 16.7. The second-order valence-corrected chi connectivity index (χ2v) is 20.6. The predicted octanol–water partition coefficient (Wildman–Crippen LogP) is 4.47. The Morgan fingerprint density at radius 2 is 1.53 bits per heavy atom. The maximum absolute atomic E-state index is 13.9. The van der Waals surface area contributed by atoms with Gasteiger partial charge in [0, 0.05) is 46.1 Å². The molecule has 0 aliphatic carbocycles. The molecule has 1 aromatic rings. The summed E-state index contributed by atoms with van der Waals surface area (Å²) < 4.78 is 55.4. The molecule has 4 rings (SSSR count). The van der Waals surface area contributed by atoms with E-state index in [4.69, 9.17) is 42.6 Å². The van der Waals surface area contributed by atoms with Crippen LogP contribution in [0.25, 0.3) is 0 Å². The highest BCUT2D eigenvalue weighted by Gasteiger charge is 2.53. The molecule has 3 aliphatic heterocycles. The van der Waals surface area contributed by atoms with Crippen LogP contribution in [0.15, 0.2) is 42.5 Å². The van der Waals surface area contributed by atoms with Crippen LogP contribution in [0.1, 0.15) is 119 Å². The SMILES string of the molecule is CCC(=O)O[C@@H]1CC(=O)O[C@H](C)C[C@H](O)[C@H](N(C)CCCCc2ccccc2)/C=C/[C@H](OC(C)=O)[C@H](C)C[C@H](CC=O)[C@H](O[C@@H]2O[C@H](C)[C@@H](O[C@H]3C[C@@](C)(O)[C@@H](OC(=O)CC)[C@H](C)O3)[C@H](N(C)C)[C@H]2O)[C@H]1OC. The molecule has 1 aromatic carbocycles. The Morgan fingerprint density at radius 3 is 2.14 bits per heavy atom. The molecule has 0 amide bonds. The van der Waals surface area contributed by atoms with Crippen LogP contribution in [-0.4, -0.2) is 187 Å². The summed E-state index contributed by atoms with van der Waals surface area (Å²) in [5, 5.41) is 35.6. The van der Waals surface area contributed by atoms with E-state index in [0.29, 0.717) is 12.8 Å². The third kappa shape index (κ3) is 18.1. The molecule has 0 saturated carbocycles. The predicted molar refractivity (Wildman–Crippen MR) is 268 cm³/mol. The van der Waals surface area contributed by atoms with Gasteiger partial charge in [-0.2, -0.15) is 0 Å². The van der Waals surface area contributed by atoms with E-state index in [9.17, 15) is 39.3 Å². The first-order valence-corrected chi connectivity index (χ1v) is 26.0. The number of aldehydes is 1. The molecule has 0 aromatic heterocycles. The maximum Gasteiger partial charge on any atom is 0.309 e. The highest BCUT2D eigenvalue weighted by Crippen LogP contribution is 2.38. The number of ether oxygens (including phenoxy) is 9. The van der Waals surface area contributed by atoms with E-state index in [1.54, 1.807) is 72.7 Å². The van der Waals surface area contributed by atoms with Gasteiger partial charge in [0.05, 0.1) is 42.9 Å². The number of methoxy groups -OCH3 is 1. The smallest absolute Gasteiger partial charge is 0.309 e. The summed E-state index contributed by atoms with van der Waals surface area (Å²) in [6.45, 7) is 13.6. The lowest BCUT2D eigenvalue weighted by atomic mass is 9.82. The van der Waals surface area contributed by atoms with Crippen molar-refractivity contribution < 1.29 is 81.9 Å². The fourth-order valence-corrected chi connectivity index (χ4v) is 10.4. The van der Waals surface area contributed by atoms with Crippen LogP contribution in [0.3, 0.4) is 0 Å². The zero-order valence-corrected chi connectivity index (χ0v) is 45.2. The summed E-state index contributed by atoms with van der Waals surface area (Å²) in [5.74, 6) is -3.77. The van der Waals surface area contributed by atoms with Crippen molar-refractivity contribution >= 4 is 30.2 Å². The molecule has 0 radical (unpaired) electrons. The molecule has 3 N–H and O–H groups in total. The number of likely N-dealkylation sites (N-methyl/N-ethyl adjacent to an activating group) is 2. The third-order valence-electron chi connectivity index (χ3n) is 14.2. The van der Waals surface area contributed by atoms with Crippen molar-refractivity contribution in [2.75, 3.05) is 34.8 Å². The van der Waals surface area contributed by atoms with E-state index in [0.717, 1.165) is 19.3 Å². The Bertz CT molecular complexity index is 1900. The summed E-state index contributed by atoms with van der Waals surface area (Å²) in [6.07, 6.45) is -7.49. The summed E-state index contributed by atoms with van der Waals surface area (Å²) in [4.78, 5) is 68.7. The Kier molecular flexibility index (Phi) is 24.8. The topological polar surface area (TPSA) is 236 Å². The number of aryl methyl sites for hydroxylation is 1. The Balaban J connectivity index is 1.73. The quantitative estimate of drug-likeness (QED) is 0.0570. The minimum Gasteiger partial charge on any atom is -0.462 e. The minimum atomic E-state index is -1.53. The van der Waals surface area contributed by atoms with Gasteiger partial charge in [0.2, 0.25) is 0 Å². The summed E-state index contributed by atoms with van der Waals surface area (Å²) in [7, 11) is 6.73. The molecule has 19 heteroatoms. The van der Waals surface area contributed by atoms with Crippen LogP contribution in [0.4, 0.5) is 0 Å². The fraction of sp³-hybridized carbons (Fsp3) is 0.759. The second-order valence-electron chi connectivity index (χ2n) is 20.6. The van der Waals surface area contributed by atoms with E-state index in [2.05, 4.69) is 12.1 Å². The molecule has 2 fully saturated rings. The van der Waals surface area contributed by atoms with E-state index in [1.165, 1.54) is 19.6 Å². The summed E-state index contributed by atoms with van der Waals surface area (Å²) in [5.41, 5.74) is -0.297. The fourth-order valence-electron chi connectivity index (χ4n) is 10.4. The van der Waals surface area contributed by atoms with Gasteiger partial charge in [-0.05, 0) is 105 Å². The van der Waals surface area contributed by atoms with Crippen molar-refractivity contribution in [3.8, 4) is 0 Å². The molecule has 0 unspecified atom stereocenters. The molecule has 3 heterocycles. The first-order valence-electron chi connectivity index (χ1n) is 26.0. The molecular formula is C54H86N2O17. The number of cyclic esters (lactones) is 1. The van der Waals surface area contributed by atoms with Crippen molar-refractivity contribution in [2.45, 2.75) is 217 Å². The van der Waals surface area contributed by atoms with E-state index in [-0.39, 0.29) is 38.5 Å². The molecular weight excluding hydrogens is 949 g/mol. The molecule has 18 atom stereocenters. The number of rotatable bonds is 19. The zero-order valence-electron chi connectivity index (χ0n) is 45.2. The van der Waals surface area contributed by atoms with Gasteiger partial charge in [-0.1, -0.05) is 57.2 Å². The van der Waals surface area contributed by atoms with Gasteiger partial charge < -0.3 is 67.6 Å². The van der Waals surface area contributed by atoms with E-state index in [1.807, 2.05) is 37.1 Å². The molecule has 0 bridgehead atoms. The molecule has 73 heavy (non-hydrogen) atoms. The van der Waals surface area contributed by atoms with Gasteiger partial charge in [0.1, 0.15) is 48.5 Å². The van der Waals surface area contributed by atoms with Crippen LogP contribution in [0.5, 0.6) is 0 Å². The van der Waals surface area contributed by atoms with Crippen LogP contribution in [0, 0.1) is 11.8 Å². The molecule has 0 spiro atoms. The number of hydrogen-bond acceptors (Lipinski definition) is 19. The van der Waals surface area contributed by atoms with Crippen LogP contribution in [-0.2, 0) is 73.0 Å². The second kappa shape index (κ2) is 29.4. The molecule has 19 nitrogen and oxygen atoms in total. The number of esters is 4. The number of benzene rings is 1. The van der Waals surface area contributed by atoms with E-state index >= 15 is 0 Å². The van der Waals surface area contributed by atoms with Gasteiger partial charge >= 0.3 is 23.9 Å². The molecule has 2 saturated heterocycles. The first-order chi connectivity index (χ1) is 34.5. The van der Waals surface area contributed by atoms with Gasteiger partial charge in [-0.3, -0.25) is 24.1 Å². The third-order valence-corrected chi connectivity index (χ3v) is 14.2. The van der Waals surface area contributed by atoms with Crippen LogP contribution in [0.2, 0.25) is 0 Å². The standard InChI is InChI=1S/C54H86N2O17/c1-13-43(60)70-42-30-45(62)66-33(4)29-40(59)39(56(11)26-19-18-22-37-20-16-15-17-21-37)23-24-41(69-36(7)58)32(3)28-38(25-27-57)50(51(42)65-12)73-53-48(63)47(55(9)10)49(34(5)68-53)72-46-31-54(8,64)52(35(6)67-46)71-44(61)14-2/h15-17,20-21,23-24,27,32-35,38-42,46-53,59,63-64H,13-14,18-19,22,25-26,28-31H2,1-12H3/b24-23+/t32-,33-,34-,35+,38+,39-,40+,41+,42-,46+,47-,48-,49-,50+,51+,52+,53+,54-/m1/s1. The Morgan fingerprint density at radius 1 is 0.863 bits per heavy atom. The average molecular weight is 1040 g/mol. The number of nitrogens with zero attached hydrogens (tertiary/aromatic N) is 2. The number of carbonyl (C=O) groups is 5. The number of unbranched alkanes of at least 4 members (excludes halogenated alkanes) is 1. The number of carbonyl (C=O) groups excluding carboxylic acids is 5. The van der Waals surface area contributed by atoms with Gasteiger partial charge in [0.25, 0.3) is 0 Å². The number of aliphatic hydroxyl groups excluding tert-OH is 2. The van der Waals surface area contributed by atoms with Gasteiger partial charge in [0.15, 0.2) is 18.7 Å². The number of hydrogen-bond donors (Lipinski definition) is 3. The van der Waals surface area contributed by atoms with Crippen molar-refractivity contribution in [3.05, 3.63) is 48.0 Å². The lowest BCUT2D eigenvalue weighted by molar-refractivity contribution is -0.344. The van der Waals surface area contributed by atoms with Crippen molar-refractivity contribution in [3.63, 3.8) is 0 Å². The Labute approximate surface area is 432 Å². The van der Waals surface area contributed by atoms with E-state index < -0.39 is 140 Å². The van der Waals surface area contributed by atoms with Crippen molar-refractivity contribution in [1.82, 2.24) is 9.80 Å². The van der Waals surface area contributed by atoms with Gasteiger partial charge in [-0.25, -0.2) is 0 Å². The molecule has 414 valence electrons. The lowest BCUT2D eigenvalue weighted by Gasteiger charge is -2.50. The average Bonchev–Trinajstić information content (AvgIpc) is 3.31. The highest BCUT2D eigenvalue weighted by molar-refractivity contribution is 5.73. The normalized spacial score (nSPS) is 36.5. The lowest BCUT2D eigenvalue weighted by Crippen LogP contribution is -2.66. The van der Waals surface area contributed by atoms with Gasteiger partial charge in [-0.15, -0.1) is 0 Å². The molecule has 3 aliphatic rings.